The highest BCUT2D eigenvalue weighted by Gasteiger charge is 2.18. The van der Waals surface area contributed by atoms with Gasteiger partial charge in [0.25, 0.3) is 11.5 Å². The first-order chi connectivity index (χ1) is 16.9. The van der Waals surface area contributed by atoms with E-state index in [4.69, 9.17) is 0 Å². The van der Waals surface area contributed by atoms with E-state index in [9.17, 15) is 19.2 Å². The lowest BCUT2D eigenvalue weighted by atomic mass is 10.0. The van der Waals surface area contributed by atoms with Gasteiger partial charge in [-0.15, -0.1) is 11.3 Å². The first-order valence-corrected chi connectivity index (χ1v) is 11.7. The maximum Gasteiger partial charge on any atom is 0.272 e. The maximum atomic E-state index is 14.2. The van der Waals surface area contributed by atoms with Crippen molar-refractivity contribution in [3.05, 3.63) is 105 Å². The molecule has 0 saturated heterocycles. The summed E-state index contributed by atoms with van der Waals surface area (Å²) < 4.78 is 15.0. The average molecular weight is 488 g/mol. The summed E-state index contributed by atoms with van der Waals surface area (Å²) >= 11 is 1.52. The number of para-hydroxylation sites is 1. The highest BCUT2D eigenvalue weighted by molar-refractivity contribution is 7.15. The molecule has 0 unspecified atom stereocenters. The Hall–Kier alpha value is -4.13. The standard InChI is InChI=1S/C26H22FN5O2S/c1-16(23-10-11-24(35-23)19-13-17(14-28)7-8-18(19)15-29-2)30-26(34)21-9-12-25(33)32(31-21)22-6-4-3-5-20(22)27/h3-13,16,29H,15H2,1-2H3,(H,30,34)/t16-/m1/s1. The molecule has 0 saturated carbocycles. The summed E-state index contributed by atoms with van der Waals surface area (Å²) in [5, 5.41) is 19.4. The Morgan fingerprint density at radius 2 is 1.97 bits per heavy atom. The van der Waals surface area contributed by atoms with E-state index in [0.29, 0.717) is 12.1 Å². The van der Waals surface area contributed by atoms with E-state index in [2.05, 4.69) is 21.8 Å². The molecule has 0 spiro atoms. The molecule has 4 aromatic rings. The number of nitrogens with zero attached hydrogens (tertiary/aromatic N) is 3. The van der Waals surface area contributed by atoms with Crippen LogP contribution in [0.25, 0.3) is 16.1 Å². The zero-order valence-corrected chi connectivity index (χ0v) is 19.9. The third kappa shape index (κ3) is 5.19. The van der Waals surface area contributed by atoms with E-state index in [0.717, 1.165) is 25.6 Å². The Morgan fingerprint density at radius 3 is 2.71 bits per heavy atom. The number of aromatic nitrogens is 2. The van der Waals surface area contributed by atoms with Gasteiger partial charge in [-0.3, -0.25) is 9.59 Å². The summed E-state index contributed by atoms with van der Waals surface area (Å²) in [5.41, 5.74) is 2.03. The fourth-order valence-corrected chi connectivity index (χ4v) is 4.68. The summed E-state index contributed by atoms with van der Waals surface area (Å²) in [6, 6.07) is 19.6. The van der Waals surface area contributed by atoms with Gasteiger partial charge in [0, 0.05) is 22.4 Å². The van der Waals surface area contributed by atoms with Crippen molar-refractivity contribution in [2.45, 2.75) is 19.5 Å². The first kappa shape index (κ1) is 24.0. The molecule has 35 heavy (non-hydrogen) atoms. The number of nitrogens with one attached hydrogen (secondary N) is 2. The molecule has 2 aromatic heterocycles. The summed E-state index contributed by atoms with van der Waals surface area (Å²) in [6.45, 7) is 2.50. The molecule has 0 bridgehead atoms. The minimum Gasteiger partial charge on any atom is -0.343 e. The van der Waals surface area contributed by atoms with Crippen LogP contribution in [0.4, 0.5) is 4.39 Å². The van der Waals surface area contributed by atoms with Gasteiger partial charge in [-0.2, -0.15) is 15.0 Å². The van der Waals surface area contributed by atoms with Gasteiger partial charge in [-0.05, 0) is 67.6 Å². The Morgan fingerprint density at radius 1 is 1.17 bits per heavy atom. The molecular weight excluding hydrogens is 465 g/mol. The molecule has 1 atom stereocenters. The van der Waals surface area contributed by atoms with Gasteiger partial charge in [0.05, 0.1) is 17.7 Å². The summed E-state index contributed by atoms with van der Waals surface area (Å²) in [7, 11) is 1.86. The van der Waals surface area contributed by atoms with E-state index < -0.39 is 17.3 Å². The highest BCUT2D eigenvalue weighted by Crippen LogP contribution is 2.34. The summed E-state index contributed by atoms with van der Waals surface area (Å²) in [5.74, 6) is -1.10. The minimum absolute atomic E-state index is 0.00508. The molecule has 0 aliphatic heterocycles. The Bertz CT molecular complexity index is 1490. The van der Waals surface area contributed by atoms with Gasteiger partial charge >= 0.3 is 0 Å². The van der Waals surface area contributed by atoms with Crippen LogP contribution in [0.2, 0.25) is 0 Å². The Labute approximate surface area is 205 Å². The van der Waals surface area contributed by atoms with E-state index >= 15 is 0 Å². The summed E-state index contributed by atoms with van der Waals surface area (Å²) in [6.07, 6.45) is 0. The normalized spacial score (nSPS) is 11.6. The van der Waals surface area contributed by atoms with E-state index in [-0.39, 0.29) is 17.4 Å². The largest absolute Gasteiger partial charge is 0.343 e. The number of halogens is 1. The molecule has 2 heterocycles. The quantitative estimate of drug-likeness (QED) is 0.407. The zero-order valence-electron chi connectivity index (χ0n) is 19.1. The number of amides is 1. The fraction of sp³-hybridized carbons (Fsp3) is 0.154. The number of nitriles is 1. The zero-order chi connectivity index (χ0) is 24.9. The second-order valence-corrected chi connectivity index (χ2v) is 8.95. The minimum atomic E-state index is -0.614. The van der Waals surface area contributed by atoms with Crippen molar-refractivity contribution in [2.24, 2.45) is 0 Å². The van der Waals surface area contributed by atoms with Crippen molar-refractivity contribution in [3.63, 3.8) is 0 Å². The van der Waals surface area contributed by atoms with Gasteiger partial charge in [-0.1, -0.05) is 18.2 Å². The SMILES string of the molecule is CNCc1ccc(C#N)cc1-c1ccc([C@@H](C)NC(=O)c2ccc(=O)n(-c3ccccc3F)n2)s1. The third-order valence-corrected chi connectivity index (χ3v) is 6.69. The number of carbonyl (C=O) groups is 1. The van der Waals surface area contributed by atoms with Crippen LogP contribution in [0, 0.1) is 17.1 Å². The first-order valence-electron chi connectivity index (χ1n) is 10.8. The van der Waals surface area contributed by atoms with Crippen molar-refractivity contribution >= 4 is 17.2 Å². The predicted octanol–water partition coefficient (Wildman–Crippen LogP) is 4.18. The molecule has 0 aliphatic rings. The van der Waals surface area contributed by atoms with Crippen molar-refractivity contribution in [2.75, 3.05) is 7.05 Å². The maximum absolute atomic E-state index is 14.2. The molecular formula is C26H22FN5O2S. The Kier molecular flexibility index (Phi) is 7.15. The van der Waals surface area contributed by atoms with E-state index in [1.54, 1.807) is 12.1 Å². The topological polar surface area (TPSA) is 99.8 Å². The Balaban J connectivity index is 1.57. The van der Waals surface area contributed by atoms with Gasteiger partial charge in [-0.25, -0.2) is 4.39 Å². The van der Waals surface area contributed by atoms with Crippen LogP contribution >= 0.6 is 11.3 Å². The molecule has 4 rings (SSSR count). The van der Waals surface area contributed by atoms with Crippen LogP contribution in [0.5, 0.6) is 0 Å². The lowest BCUT2D eigenvalue weighted by molar-refractivity contribution is 0.0933. The van der Waals surface area contributed by atoms with Gasteiger partial charge in [0.2, 0.25) is 0 Å². The number of rotatable bonds is 7. The van der Waals surface area contributed by atoms with Crippen molar-refractivity contribution in [1.82, 2.24) is 20.4 Å². The number of hydrogen-bond donors (Lipinski definition) is 2. The van der Waals surface area contributed by atoms with Crippen molar-refractivity contribution in [1.29, 1.82) is 5.26 Å². The van der Waals surface area contributed by atoms with Crippen molar-refractivity contribution in [3.8, 4) is 22.2 Å². The molecule has 176 valence electrons. The van der Waals surface area contributed by atoms with Gasteiger partial charge in [0.1, 0.15) is 17.2 Å². The molecule has 7 nitrogen and oxygen atoms in total. The molecule has 2 N–H and O–H groups in total. The van der Waals surface area contributed by atoms with Crippen LogP contribution in [-0.2, 0) is 6.54 Å². The average Bonchev–Trinajstić information content (AvgIpc) is 3.35. The highest BCUT2D eigenvalue weighted by atomic mass is 32.1. The summed E-state index contributed by atoms with van der Waals surface area (Å²) in [4.78, 5) is 27.0. The van der Waals surface area contributed by atoms with Gasteiger partial charge in [0.15, 0.2) is 0 Å². The van der Waals surface area contributed by atoms with Crippen molar-refractivity contribution < 1.29 is 9.18 Å². The van der Waals surface area contributed by atoms with Crippen LogP contribution in [0.15, 0.2) is 71.5 Å². The molecule has 1 amide bonds. The van der Waals surface area contributed by atoms with Crippen LogP contribution in [0.3, 0.4) is 0 Å². The van der Waals surface area contributed by atoms with Crippen LogP contribution < -0.4 is 16.2 Å². The monoisotopic (exact) mass is 487 g/mol. The number of thiophene rings is 1. The van der Waals surface area contributed by atoms with Crippen LogP contribution in [0.1, 0.15) is 39.5 Å². The fourth-order valence-electron chi connectivity index (χ4n) is 3.62. The van der Waals surface area contributed by atoms with E-state index in [1.807, 2.05) is 38.2 Å². The number of hydrogen-bond acceptors (Lipinski definition) is 6. The lowest BCUT2D eigenvalue weighted by Crippen LogP contribution is -2.30. The molecule has 2 aromatic carbocycles. The predicted molar refractivity (Wildman–Crippen MR) is 133 cm³/mol. The third-order valence-electron chi connectivity index (χ3n) is 5.39. The van der Waals surface area contributed by atoms with Crippen LogP contribution in [-0.4, -0.2) is 22.7 Å². The molecule has 0 fully saturated rings. The second-order valence-electron chi connectivity index (χ2n) is 7.83. The number of carbonyl (C=O) groups excluding carboxylic acids is 1. The van der Waals surface area contributed by atoms with Gasteiger partial charge < -0.3 is 10.6 Å². The molecule has 0 aliphatic carbocycles. The second kappa shape index (κ2) is 10.4. The smallest absolute Gasteiger partial charge is 0.272 e. The number of benzene rings is 2. The molecule has 0 radical (unpaired) electrons. The lowest BCUT2D eigenvalue weighted by Gasteiger charge is -2.13. The van der Waals surface area contributed by atoms with E-state index in [1.165, 1.54) is 41.7 Å². The molecule has 9 heteroatoms.